The molecular formula is C30H33N3O9. The molecule has 4 saturated heterocycles. The third kappa shape index (κ3) is 3.19. The van der Waals surface area contributed by atoms with Gasteiger partial charge in [-0.15, -0.1) is 0 Å². The molecule has 12 nitrogen and oxygen atoms in total. The number of anilines is 1. The monoisotopic (exact) mass is 579 g/mol. The Hall–Kier alpha value is -3.13. The van der Waals surface area contributed by atoms with Gasteiger partial charge in [0.2, 0.25) is 0 Å². The number of likely N-dealkylation sites (N-methyl/N-ethyl adjacent to an activating group) is 1. The fourth-order valence-corrected chi connectivity index (χ4v) is 8.43. The van der Waals surface area contributed by atoms with Crippen molar-refractivity contribution < 1.29 is 38.1 Å². The maximum Gasteiger partial charge on any atom is 0.282 e. The molecule has 9 atom stereocenters. The number of benzene rings is 2. The van der Waals surface area contributed by atoms with E-state index in [0.717, 1.165) is 0 Å². The van der Waals surface area contributed by atoms with Crippen molar-refractivity contribution in [3.8, 4) is 5.75 Å². The van der Waals surface area contributed by atoms with Crippen molar-refractivity contribution in [2.75, 3.05) is 18.9 Å². The van der Waals surface area contributed by atoms with Gasteiger partial charge >= 0.3 is 0 Å². The van der Waals surface area contributed by atoms with Crippen LogP contribution in [0.15, 0.2) is 48.5 Å². The predicted octanol–water partition coefficient (Wildman–Crippen LogP) is 2.74. The Labute approximate surface area is 242 Å². The molecule has 0 bridgehead atoms. The summed E-state index contributed by atoms with van der Waals surface area (Å²) >= 11 is 0. The van der Waals surface area contributed by atoms with E-state index < -0.39 is 65.4 Å². The second kappa shape index (κ2) is 8.28. The molecule has 4 fully saturated rings. The van der Waals surface area contributed by atoms with Gasteiger partial charge in [0.15, 0.2) is 24.0 Å². The highest BCUT2D eigenvalue weighted by atomic mass is 16.9. The van der Waals surface area contributed by atoms with Crippen molar-refractivity contribution in [1.82, 2.24) is 4.90 Å². The number of nitrogens with one attached hydrogen (secondary N) is 1. The minimum atomic E-state index is -1.81. The number of hydrogen-bond donors (Lipinski definition) is 1. The number of nitrogens with zero attached hydrogens (tertiary/aromatic N) is 2. The predicted molar refractivity (Wildman–Crippen MR) is 145 cm³/mol. The normalized spacial score (nSPS) is 42.2. The second-order valence-corrected chi connectivity index (χ2v) is 13.0. The van der Waals surface area contributed by atoms with Crippen LogP contribution in [0.25, 0.3) is 0 Å². The van der Waals surface area contributed by atoms with Crippen LogP contribution >= 0.6 is 0 Å². The SMILES string of the molecule is CN1C[C@]2([N+](=O)[O-])[C@@H]([C@H]3O[C@@H]4OC(C)(C)O[C@@H]4[C@H]4OC(C)(C)O[C@H]43)Oc3ccccc3[C@@H]2[C@]12C(=O)Nc1ccccc12. The van der Waals surface area contributed by atoms with Crippen LogP contribution in [-0.2, 0) is 34.0 Å². The van der Waals surface area contributed by atoms with Crippen molar-refractivity contribution in [3.63, 3.8) is 0 Å². The average Bonchev–Trinajstić information content (AvgIpc) is 3.61. The summed E-state index contributed by atoms with van der Waals surface area (Å²) < 4.78 is 38.2. The zero-order valence-corrected chi connectivity index (χ0v) is 23.9. The van der Waals surface area contributed by atoms with E-state index in [9.17, 15) is 14.9 Å². The standard InChI is InChI=1S/C30H33N3O9/c1-27(2)39-19-20(40-27)22-25(42-28(3,4)41-22)38-21(19)24-29(33(35)36)14-32(5)30(16-11-7-8-12-17(16)31-26(30)34)23(29)15-10-6-9-13-18(15)37-24/h6-13,19-25H,14H2,1-5H3,(H,31,34)/t19-,20+,21+,22-,23+,24-,25-,29-,30-/m1/s1. The average molecular weight is 580 g/mol. The van der Waals surface area contributed by atoms with Crippen molar-refractivity contribution in [2.45, 2.75) is 93.1 Å². The van der Waals surface area contributed by atoms with Crippen LogP contribution in [-0.4, -0.2) is 83.2 Å². The van der Waals surface area contributed by atoms with Crippen LogP contribution < -0.4 is 10.1 Å². The molecule has 1 amide bonds. The number of para-hydroxylation sites is 2. The first kappa shape index (κ1) is 26.5. The Morgan fingerprint density at radius 3 is 2.31 bits per heavy atom. The molecule has 0 aromatic heterocycles. The molecule has 6 aliphatic rings. The van der Waals surface area contributed by atoms with Crippen LogP contribution in [0.4, 0.5) is 5.69 Å². The topological polar surface area (TPSA) is 131 Å². The highest BCUT2D eigenvalue weighted by molar-refractivity contribution is 6.07. The van der Waals surface area contributed by atoms with E-state index >= 15 is 0 Å². The lowest BCUT2D eigenvalue weighted by atomic mass is 9.64. The van der Waals surface area contributed by atoms with Crippen LogP contribution in [0.2, 0.25) is 0 Å². The Kier molecular flexibility index (Phi) is 5.22. The summed E-state index contributed by atoms with van der Waals surface area (Å²) in [5, 5.41) is 16.7. The molecule has 8 rings (SSSR count). The molecule has 222 valence electrons. The molecule has 6 heterocycles. The van der Waals surface area contributed by atoms with Gasteiger partial charge in [-0.25, -0.2) is 0 Å². The fraction of sp³-hybridized carbons (Fsp3) is 0.567. The third-order valence-corrected chi connectivity index (χ3v) is 9.75. The lowest BCUT2D eigenvalue weighted by Crippen LogP contribution is -2.70. The Morgan fingerprint density at radius 1 is 0.905 bits per heavy atom. The van der Waals surface area contributed by atoms with E-state index in [1.165, 1.54) is 0 Å². The minimum Gasteiger partial charge on any atom is -0.480 e. The van der Waals surface area contributed by atoms with Crippen molar-refractivity contribution in [2.24, 2.45) is 0 Å². The zero-order chi connectivity index (χ0) is 29.4. The van der Waals surface area contributed by atoms with Gasteiger partial charge in [-0.3, -0.25) is 19.8 Å². The van der Waals surface area contributed by atoms with Crippen LogP contribution in [0.3, 0.4) is 0 Å². The van der Waals surface area contributed by atoms with Crippen LogP contribution in [0, 0.1) is 10.1 Å². The molecule has 1 N–H and O–H groups in total. The smallest absolute Gasteiger partial charge is 0.282 e. The summed E-state index contributed by atoms with van der Waals surface area (Å²) in [5.41, 5.74) is -1.25. The largest absolute Gasteiger partial charge is 0.480 e. The number of likely N-dealkylation sites (tertiary alicyclic amines) is 1. The van der Waals surface area contributed by atoms with E-state index in [-0.39, 0.29) is 17.4 Å². The third-order valence-electron chi connectivity index (χ3n) is 9.75. The van der Waals surface area contributed by atoms with Gasteiger partial charge in [-0.2, -0.15) is 0 Å². The number of carbonyl (C=O) groups excluding carboxylic acids is 1. The number of carbonyl (C=O) groups is 1. The molecule has 2 aromatic rings. The summed E-state index contributed by atoms with van der Waals surface area (Å²) in [6.45, 7) is 7.07. The van der Waals surface area contributed by atoms with Crippen molar-refractivity contribution in [1.29, 1.82) is 0 Å². The maximum atomic E-state index is 14.1. The number of rotatable bonds is 2. The van der Waals surface area contributed by atoms with Gasteiger partial charge in [0.1, 0.15) is 35.7 Å². The zero-order valence-electron chi connectivity index (χ0n) is 23.9. The molecule has 42 heavy (non-hydrogen) atoms. The summed E-state index contributed by atoms with van der Waals surface area (Å²) in [6, 6.07) is 14.6. The quantitative estimate of drug-likeness (QED) is 0.419. The van der Waals surface area contributed by atoms with Gasteiger partial charge in [0, 0.05) is 21.7 Å². The fourth-order valence-electron chi connectivity index (χ4n) is 8.43. The summed E-state index contributed by atoms with van der Waals surface area (Å²) in [5.74, 6) is -2.74. The number of ether oxygens (including phenoxy) is 6. The molecular weight excluding hydrogens is 546 g/mol. The van der Waals surface area contributed by atoms with Gasteiger partial charge in [-0.1, -0.05) is 36.4 Å². The first-order chi connectivity index (χ1) is 19.9. The van der Waals surface area contributed by atoms with E-state index in [2.05, 4.69) is 5.32 Å². The first-order valence-electron chi connectivity index (χ1n) is 14.3. The van der Waals surface area contributed by atoms with Crippen molar-refractivity contribution >= 4 is 11.6 Å². The molecule has 12 heteroatoms. The lowest BCUT2D eigenvalue weighted by Gasteiger charge is -2.48. The molecule has 0 radical (unpaired) electrons. The number of fused-ring (bicyclic) bond motifs is 9. The highest BCUT2D eigenvalue weighted by Gasteiger charge is 2.80. The Morgan fingerprint density at radius 2 is 1.55 bits per heavy atom. The first-order valence-corrected chi connectivity index (χ1v) is 14.3. The number of hydrogen-bond acceptors (Lipinski definition) is 10. The van der Waals surface area contributed by atoms with E-state index in [0.29, 0.717) is 22.6 Å². The number of amides is 1. The van der Waals surface area contributed by atoms with Gasteiger partial charge in [-0.05, 0) is 46.9 Å². The summed E-state index contributed by atoms with van der Waals surface area (Å²) in [4.78, 5) is 29.3. The molecule has 0 aliphatic carbocycles. The molecule has 0 saturated carbocycles. The van der Waals surface area contributed by atoms with E-state index in [4.69, 9.17) is 28.4 Å². The van der Waals surface area contributed by atoms with Crippen molar-refractivity contribution in [3.05, 3.63) is 69.8 Å². The number of nitro groups is 1. The van der Waals surface area contributed by atoms with Gasteiger partial charge < -0.3 is 33.7 Å². The summed E-state index contributed by atoms with van der Waals surface area (Å²) in [6.07, 6.45) is -5.02. The molecule has 0 unspecified atom stereocenters. The van der Waals surface area contributed by atoms with Gasteiger partial charge in [0.05, 0.1) is 12.5 Å². The molecule has 6 aliphatic heterocycles. The van der Waals surface area contributed by atoms with E-state index in [1.807, 2.05) is 42.5 Å². The maximum absolute atomic E-state index is 14.1. The lowest BCUT2D eigenvalue weighted by molar-refractivity contribution is -0.587. The minimum absolute atomic E-state index is 0.0795. The molecule has 1 spiro atoms. The van der Waals surface area contributed by atoms with Crippen LogP contribution in [0.1, 0.15) is 44.7 Å². The molecule has 2 aromatic carbocycles. The van der Waals surface area contributed by atoms with E-state index in [1.54, 1.807) is 45.7 Å². The Balaban J connectivity index is 1.34. The Bertz CT molecular complexity index is 1510. The van der Waals surface area contributed by atoms with Crippen LogP contribution in [0.5, 0.6) is 5.75 Å². The van der Waals surface area contributed by atoms with Gasteiger partial charge in [0.25, 0.3) is 11.4 Å². The second-order valence-electron chi connectivity index (χ2n) is 13.0. The highest BCUT2D eigenvalue weighted by Crippen LogP contribution is 2.64. The summed E-state index contributed by atoms with van der Waals surface area (Å²) in [7, 11) is 1.76.